The molecule has 0 bridgehead atoms. The Hall–Kier alpha value is -1.00. The normalized spacial score (nSPS) is 23.0. The molecule has 104 valence electrons. The lowest BCUT2D eigenvalue weighted by Gasteiger charge is -2.26. The molecule has 0 saturated heterocycles. The van der Waals surface area contributed by atoms with E-state index in [0.29, 0.717) is 12.8 Å². The van der Waals surface area contributed by atoms with Crippen molar-refractivity contribution < 1.29 is 9.90 Å². The molecule has 2 atom stereocenters. The van der Waals surface area contributed by atoms with E-state index in [9.17, 15) is 9.90 Å². The highest BCUT2D eigenvalue weighted by atomic mass is 32.2. The van der Waals surface area contributed by atoms with Crippen LogP contribution >= 0.6 is 11.8 Å². The summed E-state index contributed by atoms with van der Waals surface area (Å²) in [4.78, 5) is 13.0. The molecule has 2 rings (SSSR count). The van der Waals surface area contributed by atoms with Crippen LogP contribution in [-0.2, 0) is 4.79 Å². The zero-order chi connectivity index (χ0) is 13.5. The van der Waals surface area contributed by atoms with E-state index in [1.165, 1.54) is 4.90 Å². The Bertz CT molecular complexity index is 396. The molecule has 1 saturated carbocycles. The maximum absolute atomic E-state index is 11.8. The molecule has 4 heteroatoms. The Balaban J connectivity index is 1.64. The van der Waals surface area contributed by atoms with E-state index in [0.717, 1.165) is 25.0 Å². The van der Waals surface area contributed by atoms with Gasteiger partial charge in [0.15, 0.2) is 0 Å². The van der Waals surface area contributed by atoms with Crippen LogP contribution in [0.4, 0.5) is 0 Å². The smallest absolute Gasteiger partial charge is 0.221 e. The summed E-state index contributed by atoms with van der Waals surface area (Å²) in [6.45, 7) is 0. The van der Waals surface area contributed by atoms with Gasteiger partial charge in [0.25, 0.3) is 0 Å². The van der Waals surface area contributed by atoms with Crippen molar-refractivity contribution in [2.45, 2.75) is 49.1 Å². The maximum Gasteiger partial charge on any atom is 0.221 e. The van der Waals surface area contributed by atoms with Gasteiger partial charge >= 0.3 is 0 Å². The van der Waals surface area contributed by atoms with E-state index in [1.807, 2.05) is 18.2 Å². The molecule has 3 nitrogen and oxygen atoms in total. The molecule has 1 aromatic rings. The zero-order valence-electron chi connectivity index (χ0n) is 11.0. The fourth-order valence-corrected chi connectivity index (χ4v) is 3.25. The summed E-state index contributed by atoms with van der Waals surface area (Å²) in [5.41, 5.74) is 0. The number of hydrogen-bond donors (Lipinski definition) is 2. The van der Waals surface area contributed by atoms with Crippen molar-refractivity contribution in [3.8, 4) is 0 Å². The number of aliphatic hydroxyl groups is 1. The number of aliphatic hydroxyl groups excluding tert-OH is 1. The number of thioether (sulfide) groups is 1. The van der Waals surface area contributed by atoms with Crippen LogP contribution in [0, 0.1) is 0 Å². The molecule has 1 aliphatic rings. The summed E-state index contributed by atoms with van der Waals surface area (Å²) in [5.74, 6) is 0.896. The molecule has 0 radical (unpaired) electrons. The van der Waals surface area contributed by atoms with Gasteiger partial charge in [0.1, 0.15) is 0 Å². The van der Waals surface area contributed by atoms with Crippen molar-refractivity contribution in [3.05, 3.63) is 30.3 Å². The second-order valence-electron chi connectivity index (χ2n) is 5.00. The van der Waals surface area contributed by atoms with E-state index in [2.05, 4.69) is 17.4 Å². The Morgan fingerprint density at radius 1 is 1.32 bits per heavy atom. The van der Waals surface area contributed by atoms with Crippen molar-refractivity contribution in [2.75, 3.05) is 5.75 Å². The summed E-state index contributed by atoms with van der Waals surface area (Å²) in [6.07, 6.45) is 3.87. The van der Waals surface area contributed by atoms with Gasteiger partial charge in [-0.25, -0.2) is 0 Å². The molecule has 1 aliphatic carbocycles. The van der Waals surface area contributed by atoms with Gasteiger partial charge in [0.2, 0.25) is 5.91 Å². The van der Waals surface area contributed by atoms with Gasteiger partial charge < -0.3 is 10.4 Å². The average Bonchev–Trinajstić information content (AvgIpc) is 2.40. The lowest BCUT2D eigenvalue weighted by Crippen LogP contribution is -2.39. The average molecular weight is 279 g/mol. The molecular weight excluding hydrogens is 258 g/mol. The van der Waals surface area contributed by atoms with Crippen LogP contribution in [-0.4, -0.2) is 28.9 Å². The summed E-state index contributed by atoms with van der Waals surface area (Å²) in [5, 5.41) is 12.6. The number of rotatable bonds is 5. The molecule has 0 spiro atoms. The molecule has 19 heavy (non-hydrogen) atoms. The molecule has 1 aromatic carbocycles. The van der Waals surface area contributed by atoms with Gasteiger partial charge in [-0.2, -0.15) is 0 Å². The van der Waals surface area contributed by atoms with E-state index in [-0.39, 0.29) is 18.1 Å². The number of benzene rings is 1. The number of hydrogen-bond acceptors (Lipinski definition) is 3. The van der Waals surface area contributed by atoms with Crippen molar-refractivity contribution >= 4 is 17.7 Å². The van der Waals surface area contributed by atoms with Crippen LogP contribution in [0.3, 0.4) is 0 Å². The number of nitrogens with one attached hydrogen (secondary N) is 1. The second-order valence-corrected chi connectivity index (χ2v) is 6.16. The van der Waals surface area contributed by atoms with Gasteiger partial charge in [0.05, 0.1) is 6.10 Å². The SMILES string of the molecule is O=C(CCSc1ccccc1)N[C@@H]1CCC[C@H](O)C1. The monoisotopic (exact) mass is 279 g/mol. The molecule has 1 fully saturated rings. The predicted molar refractivity (Wildman–Crippen MR) is 78.2 cm³/mol. The Morgan fingerprint density at radius 3 is 2.84 bits per heavy atom. The largest absolute Gasteiger partial charge is 0.393 e. The molecule has 2 N–H and O–H groups in total. The third kappa shape index (κ3) is 5.25. The number of carbonyl (C=O) groups is 1. The molecule has 0 aliphatic heterocycles. The van der Waals surface area contributed by atoms with Gasteiger partial charge in [-0.1, -0.05) is 18.2 Å². The Morgan fingerprint density at radius 2 is 2.11 bits per heavy atom. The fourth-order valence-electron chi connectivity index (χ4n) is 2.37. The highest BCUT2D eigenvalue weighted by Crippen LogP contribution is 2.20. The summed E-state index contributed by atoms with van der Waals surface area (Å²) >= 11 is 1.70. The minimum Gasteiger partial charge on any atom is -0.393 e. The van der Waals surface area contributed by atoms with Crippen molar-refractivity contribution in [3.63, 3.8) is 0 Å². The van der Waals surface area contributed by atoms with Gasteiger partial charge in [-0.3, -0.25) is 4.79 Å². The quantitative estimate of drug-likeness (QED) is 0.815. The third-order valence-electron chi connectivity index (χ3n) is 3.35. The van der Waals surface area contributed by atoms with Crippen molar-refractivity contribution in [1.29, 1.82) is 0 Å². The van der Waals surface area contributed by atoms with Gasteiger partial charge in [-0.05, 0) is 37.8 Å². The highest BCUT2D eigenvalue weighted by molar-refractivity contribution is 7.99. The second kappa shape index (κ2) is 7.56. The minimum absolute atomic E-state index is 0.0996. The van der Waals surface area contributed by atoms with Crippen LogP contribution < -0.4 is 5.32 Å². The number of amides is 1. The molecule has 0 aromatic heterocycles. The van der Waals surface area contributed by atoms with E-state index >= 15 is 0 Å². The maximum atomic E-state index is 11.8. The molecule has 1 amide bonds. The first-order valence-electron chi connectivity index (χ1n) is 6.89. The molecule has 0 heterocycles. The fraction of sp³-hybridized carbons (Fsp3) is 0.533. The standard InChI is InChI=1S/C15H21NO2S/c17-13-6-4-5-12(11-13)16-15(18)9-10-19-14-7-2-1-3-8-14/h1-3,7-8,12-13,17H,4-6,9-11H2,(H,16,18)/t12-,13+/m1/s1. The Kier molecular flexibility index (Phi) is 5.73. The van der Waals surface area contributed by atoms with Crippen LogP contribution in [0.25, 0.3) is 0 Å². The first kappa shape index (κ1) is 14.4. The topological polar surface area (TPSA) is 49.3 Å². The lowest BCUT2D eigenvalue weighted by molar-refractivity contribution is -0.121. The number of carbonyl (C=O) groups excluding carboxylic acids is 1. The summed E-state index contributed by atoms with van der Waals surface area (Å²) in [7, 11) is 0. The van der Waals surface area contributed by atoms with Crippen LogP contribution in [0.5, 0.6) is 0 Å². The van der Waals surface area contributed by atoms with Gasteiger partial charge in [-0.15, -0.1) is 11.8 Å². The van der Waals surface area contributed by atoms with E-state index in [1.54, 1.807) is 11.8 Å². The predicted octanol–water partition coefficient (Wildman–Crippen LogP) is 2.59. The van der Waals surface area contributed by atoms with Crippen molar-refractivity contribution in [2.24, 2.45) is 0 Å². The molecule has 0 unspecified atom stereocenters. The van der Waals surface area contributed by atoms with Crippen LogP contribution in [0.1, 0.15) is 32.1 Å². The summed E-state index contributed by atoms with van der Waals surface area (Å²) in [6, 6.07) is 10.3. The highest BCUT2D eigenvalue weighted by Gasteiger charge is 2.21. The minimum atomic E-state index is -0.238. The first-order chi connectivity index (χ1) is 9.24. The van der Waals surface area contributed by atoms with Crippen LogP contribution in [0.2, 0.25) is 0 Å². The first-order valence-corrected chi connectivity index (χ1v) is 7.88. The van der Waals surface area contributed by atoms with Crippen LogP contribution in [0.15, 0.2) is 35.2 Å². The molecular formula is C15H21NO2S. The summed E-state index contributed by atoms with van der Waals surface area (Å²) < 4.78 is 0. The van der Waals surface area contributed by atoms with Crippen molar-refractivity contribution in [1.82, 2.24) is 5.32 Å². The lowest BCUT2D eigenvalue weighted by atomic mass is 9.93. The van der Waals surface area contributed by atoms with E-state index < -0.39 is 0 Å². The van der Waals surface area contributed by atoms with E-state index in [4.69, 9.17) is 0 Å². The zero-order valence-corrected chi connectivity index (χ0v) is 11.9. The third-order valence-corrected chi connectivity index (χ3v) is 4.37. The Labute approximate surface area is 118 Å². The van der Waals surface area contributed by atoms with Gasteiger partial charge in [0, 0.05) is 23.1 Å².